The predicted octanol–water partition coefficient (Wildman–Crippen LogP) is 5.39. The highest BCUT2D eigenvalue weighted by Crippen LogP contribution is 2.13. The zero-order valence-electron chi connectivity index (χ0n) is 12.3. The molecule has 0 aliphatic heterocycles. The Morgan fingerprint density at radius 2 is 1.45 bits per heavy atom. The van der Waals surface area contributed by atoms with Gasteiger partial charge in [-0.3, -0.25) is 0 Å². The molecule has 0 fully saturated rings. The minimum absolute atomic E-state index is 0.639. The predicted molar refractivity (Wildman–Crippen MR) is 85.1 cm³/mol. The van der Waals surface area contributed by atoms with E-state index in [0.717, 1.165) is 5.75 Å². The number of rotatable bonds is 8. The van der Waals surface area contributed by atoms with Gasteiger partial charge in [0.2, 0.25) is 0 Å². The molecule has 0 radical (unpaired) electrons. The van der Waals surface area contributed by atoms with Crippen LogP contribution in [0.2, 0.25) is 0 Å². The van der Waals surface area contributed by atoms with Gasteiger partial charge in [0.1, 0.15) is 12.4 Å². The molecule has 0 saturated heterocycles. The van der Waals surface area contributed by atoms with Crippen molar-refractivity contribution >= 4 is 0 Å². The van der Waals surface area contributed by atoms with E-state index in [0.29, 0.717) is 6.61 Å². The quantitative estimate of drug-likeness (QED) is 0.583. The minimum atomic E-state index is 0.639. The van der Waals surface area contributed by atoms with Crippen LogP contribution in [0.15, 0.2) is 54.6 Å². The summed E-state index contributed by atoms with van der Waals surface area (Å²) in [6.07, 6.45) is 6.49. The second-order valence-corrected chi connectivity index (χ2v) is 5.23. The van der Waals surface area contributed by atoms with Crippen LogP contribution in [-0.4, -0.2) is 0 Å². The first-order chi connectivity index (χ1) is 9.88. The highest BCUT2D eigenvalue weighted by atomic mass is 16.5. The molecule has 0 aliphatic carbocycles. The van der Waals surface area contributed by atoms with Gasteiger partial charge in [0.15, 0.2) is 0 Å². The van der Waals surface area contributed by atoms with E-state index in [4.69, 9.17) is 4.74 Å². The summed E-state index contributed by atoms with van der Waals surface area (Å²) >= 11 is 0. The Morgan fingerprint density at radius 3 is 2.15 bits per heavy atom. The fourth-order valence-corrected chi connectivity index (χ4v) is 2.24. The molecule has 1 heteroatoms. The Balaban J connectivity index is 1.76. The number of benzene rings is 2. The van der Waals surface area contributed by atoms with Gasteiger partial charge in [0, 0.05) is 0 Å². The summed E-state index contributed by atoms with van der Waals surface area (Å²) in [6, 6.07) is 18.8. The van der Waals surface area contributed by atoms with Crippen LogP contribution in [-0.2, 0) is 13.0 Å². The molecule has 2 aromatic carbocycles. The molecule has 0 unspecified atom stereocenters. The van der Waals surface area contributed by atoms with Gasteiger partial charge in [-0.2, -0.15) is 0 Å². The largest absolute Gasteiger partial charge is 0.489 e. The number of aryl methyl sites for hydroxylation is 1. The Hall–Kier alpha value is -1.76. The maximum atomic E-state index is 5.74. The lowest BCUT2D eigenvalue weighted by Gasteiger charge is -2.07. The topological polar surface area (TPSA) is 9.23 Å². The lowest BCUT2D eigenvalue weighted by atomic mass is 10.0. The number of hydrogen-bond donors (Lipinski definition) is 0. The second-order valence-electron chi connectivity index (χ2n) is 5.23. The maximum absolute atomic E-state index is 5.74. The van der Waals surface area contributed by atoms with Gasteiger partial charge in [0.05, 0.1) is 0 Å². The summed E-state index contributed by atoms with van der Waals surface area (Å²) in [5, 5.41) is 0. The molecule has 0 N–H and O–H groups in total. The van der Waals surface area contributed by atoms with E-state index < -0.39 is 0 Å². The van der Waals surface area contributed by atoms with Crippen molar-refractivity contribution in [2.75, 3.05) is 0 Å². The monoisotopic (exact) mass is 268 g/mol. The van der Waals surface area contributed by atoms with E-state index in [1.807, 2.05) is 30.3 Å². The van der Waals surface area contributed by atoms with E-state index in [9.17, 15) is 0 Å². The lowest BCUT2D eigenvalue weighted by molar-refractivity contribution is 0.306. The molecule has 0 atom stereocenters. The van der Waals surface area contributed by atoms with Gasteiger partial charge in [-0.15, -0.1) is 0 Å². The zero-order chi connectivity index (χ0) is 14.0. The molecule has 106 valence electrons. The van der Waals surface area contributed by atoms with Gasteiger partial charge in [-0.05, 0) is 36.1 Å². The molecule has 20 heavy (non-hydrogen) atoms. The van der Waals surface area contributed by atoms with Crippen molar-refractivity contribution in [1.82, 2.24) is 0 Å². The molecule has 0 heterocycles. The second kappa shape index (κ2) is 8.42. The molecule has 0 aromatic heterocycles. The van der Waals surface area contributed by atoms with Gasteiger partial charge >= 0.3 is 0 Å². The first-order valence-corrected chi connectivity index (χ1v) is 7.64. The molecule has 0 amide bonds. The van der Waals surface area contributed by atoms with Crippen LogP contribution in [0.3, 0.4) is 0 Å². The molecule has 1 nitrogen and oxygen atoms in total. The SMILES string of the molecule is CCCCCCc1ccc(COc2ccccc2)cc1. The summed E-state index contributed by atoms with van der Waals surface area (Å²) in [6.45, 7) is 2.89. The Morgan fingerprint density at radius 1 is 0.750 bits per heavy atom. The van der Waals surface area contributed by atoms with Crippen molar-refractivity contribution < 1.29 is 4.74 Å². The van der Waals surface area contributed by atoms with Crippen molar-refractivity contribution in [3.05, 3.63) is 65.7 Å². The fourth-order valence-electron chi connectivity index (χ4n) is 2.24. The normalized spacial score (nSPS) is 10.4. The van der Waals surface area contributed by atoms with Gasteiger partial charge in [0.25, 0.3) is 0 Å². The van der Waals surface area contributed by atoms with E-state index in [-0.39, 0.29) is 0 Å². The van der Waals surface area contributed by atoms with E-state index >= 15 is 0 Å². The molecule has 0 bridgehead atoms. The highest BCUT2D eigenvalue weighted by Gasteiger charge is 1.97. The molecular formula is C19H24O. The average molecular weight is 268 g/mol. The number of para-hydroxylation sites is 1. The summed E-state index contributed by atoms with van der Waals surface area (Å²) in [5.41, 5.74) is 2.66. The smallest absolute Gasteiger partial charge is 0.119 e. The molecule has 0 spiro atoms. The minimum Gasteiger partial charge on any atom is -0.489 e. The summed E-state index contributed by atoms with van der Waals surface area (Å²) in [4.78, 5) is 0. The third-order valence-electron chi connectivity index (χ3n) is 3.49. The number of unbranched alkanes of at least 4 members (excludes halogenated alkanes) is 3. The standard InChI is InChI=1S/C19H24O/c1-2-3-4-6-9-17-12-14-18(15-13-17)16-20-19-10-7-5-8-11-19/h5,7-8,10-15H,2-4,6,9,16H2,1H3. The van der Waals surface area contributed by atoms with E-state index in [1.54, 1.807) is 0 Å². The summed E-state index contributed by atoms with van der Waals surface area (Å²) in [5.74, 6) is 0.927. The number of ether oxygens (including phenoxy) is 1. The Kier molecular flexibility index (Phi) is 6.16. The van der Waals surface area contributed by atoms with Crippen LogP contribution >= 0.6 is 0 Å². The maximum Gasteiger partial charge on any atom is 0.119 e. The average Bonchev–Trinajstić information content (AvgIpc) is 2.52. The Bertz CT molecular complexity index is 473. The Labute approximate surface area is 122 Å². The van der Waals surface area contributed by atoms with Crippen LogP contribution in [0.25, 0.3) is 0 Å². The van der Waals surface area contributed by atoms with E-state index in [1.165, 1.54) is 43.2 Å². The van der Waals surface area contributed by atoms with Gasteiger partial charge < -0.3 is 4.74 Å². The lowest BCUT2D eigenvalue weighted by Crippen LogP contribution is -1.95. The van der Waals surface area contributed by atoms with Crippen molar-refractivity contribution in [3.63, 3.8) is 0 Å². The van der Waals surface area contributed by atoms with Crippen molar-refractivity contribution in [3.8, 4) is 5.75 Å². The molecule has 0 saturated carbocycles. The van der Waals surface area contributed by atoms with Crippen molar-refractivity contribution in [1.29, 1.82) is 0 Å². The van der Waals surface area contributed by atoms with Gasteiger partial charge in [-0.25, -0.2) is 0 Å². The first-order valence-electron chi connectivity index (χ1n) is 7.64. The van der Waals surface area contributed by atoms with Crippen LogP contribution in [0.4, 0.5) is 0 Å². The third kappa shape index (κ3) is 5.08. The van der Waals surface area contributed by atoms with Crippen molar-refractivity contribution in [2.45, 2.75) is 45.6 Å². The highest BCUT2D eigenvalue weighted by molar-refractivity contribution is 5.24. The first kappa shape index (κ1) is 14.6. The number of hydrogen-bond acceptors (Lipinski definition) is 1. The molecule has 0 aliphatic rings. The van der Waals surface area contributed by atoms with Crippen LogP contribution in [0, 0.1) is 0 Å². The van der Waals surface area contributed by atoms with E-state index in [2.05, 4.69) is 31.2 Å². The van der Waals surface area contributed by atoms with Crippen LogP contribution < -0.4 is 4.74 Å². The van der Waals surface area contributed by atoms with Crippen molar-refractivity contribution in [2.24, 2.45) is 0 Å². The third-order valence-corrected chi connectivity index (χ3v) is 3.49. The fraction of sp³-hybridized carbons (Fsp3) is 0.368. The zero-order valence-corrected chi connectivity index (χ0v) is 12.3. The molecule has 2 rings (SSSR count). The summed E-state index contributed by atoms with van der Waals surface area (Å²) in [7, 11) is 0. The molecular weight excluding hydrogens is 244 g/mol. The van der Waals surface area contributed by atoms with Crippen LogP contribution in [0.1, 0.15) is 43.7 Å². The summed E-state index contributed by atoms with van der Waals surface area (Å²) < 4.78 is 5.74. The molecule has 2 aromatic rings. The van der Waals surface area contributed by atoms with Gasteiger partial charge in [-0.1, -0.05) is 68.7 Å². The van der Waals surface area contributed by atoms with Crippen LogP contribution in [0.5, 0.6) is 5.75 Å².